The summed E-state index contributed by atoms with van der Waals surface area (Å²) in [7, 11) is 2.64. The summed E-state index contributed by atoms with van der Waals surface area (Å²) in [6.07, 6.45) is 4.35. The van der Waals surface area contributed by atoms with E-state index in [1.807, 2.05) is 65.8 Å². The van der Waals surface area contributed by atoms with Crippen molar-refractivity contribution in [3.63, 3.8) is 0 Å². The van der Waals surface area contributed by atoms with Gasteiger partial charge in [0.15, 0.2) is 0 Å². The van der Waals surface area contributed by atoms with Gasteiger partial charge in [0.2, 0.25) is 0 Å². The zero-order valence-corrected chi connectivity index (χ0v) is 65.0. The van der Waals surface area contributed by atoms with E-state index in [9.17, 15) is 43.5 Å². The topological polar surface area (TPSA) is 320 Å². The molecule has 9 N–H and O–H groups in total. The van der Waals surface area contributed by atoms with Gasteiger partial charge in [-0.2, -0.15) is 0 Å². The fourth-order valence-corrected chi connectivity index (χ4v) is 9.93. The molecule has 572 valence electrons. The molecule has 109 heavy (non-hydrogen) atoms. The molecule has 6 amide bonds. The average Bonchev–Trinajstić information content (AvgIpc) is 0.857. The van der Waals surface area contributed by atoms with Gasteiger partial charge in [-0.1, -0.05) is 66.0 Å². The van der Waals surface area contributed by atoms with Crippen LogP contribution in [0, 0.1) is 75.1 Å². The van der Waals surface area contributed by atoms with Crippen LogP contribution in [0.5, 0.6) is 0 Å². The number of terminal acetylenes is 1. The number of carbonyl (C=O) groups is 8. The van der Waals surface area contributed by atoms with Crippen LogP contribution in [0.2, 0.25) is 0 Å². The summed E-state index contributed by atoms with van der Waals surface area (Å²) in [6, 6.07) is 38.9. The monoisotopic (exact) mass is 1600 g/mol. The van der Waals surface area contributed by atoms with Gasteiger partial charge in [-0.25, -0.2) is 16.4 Å². The van der Waals surface area contributed by atoms with Crippen LogP contribution in [0.4, 0.5) is 0 Å². The first-order valence-corrected chi connectivity index (χ1v) is 35.5. The lowest BCUT2D eigenvalue weighted by Gasteiger charge is -2.30. The minimum Gasteiger partial charge on any atom is -0.391 e. The molecular formula is C84H93IN8O16. The molecular weight excluding hydrogens is 1500 g/mol. The number of amides is 6. The van der Waals surface area contributed by atoms with E-state index in [1.54, 1.807) is 123 Å². The largest absolute Gasteiger partial charge is 0.391 e. The summed E-state index contributed by atoms with van der Waals surface area (Å²) >= 11 is 2.20. The van der Waals surface area contributed by atoms with Crippen molar-refractivity contribution in [1.82, 2.24) is 42.6 Å². The van der Waals surface area contributed by atoms with Crippen LogP contribution in [0.15, 0.2) is 146 Å². The van der Waals surface area contributed by atoms with Crippen LogP contribution in [-0.2, 0) is 49.6 Å². The van der Waals surface area contributed by atoms with Gasteiger partial charge >= 0.3 is 0 Å². The van der Waals surface area contributed by atoms with Crippen molar-refractivity contribution in [2.24, 2.45) is 0 Å². The molecule has 2 aliphatic heterocycles. The molecule has 2 heterocycles. The normalized spacial score (nSPS) is 13.6. The molecule has 0 aliphatic carbocycles. The van der Waals surface area contributed by atoms with Gasteiger partial charge < -0.3 is 45.3 Å². The first kappa shape index (κ1) is 90.6. The van der Waals surface area contributed by atoms with Crippen LogP contribution in [-0.4, -0.2) is 178 Å². The number of rotatable bonds is 20. The Morgan fingerprint density at radius 3 is 1.15 bits per heavy atom. The molecule has 0 spiro atoms. The van der Waals surface area contributed by atoms with Crippen LogP contribution in [0.3, 0.4) is 0 Å². The fraction of sp³-hybridized carbons (Fsp3) is 0.333. The minimum atomic E-state index is -1.28. The summed E-state index contributed by atoms with van der Waals surface area (Å²) < 4.78 is 23.2. The molecule has 2 saturated heterocycles. The van der Waals surface area contributed by atoms with Gasteiger partial charge in [0, 0.05) is 91.9 Å². The molecule has 0 saturated carbocycles. The van der Waals surface area contributed by atoms with Crippen molar-refractivity contribution in [3.8, 4) is 71.5 Å². The van der Waals surface area contributed by atoms with E-state index >= 15 is 0 Å². The Morgan fingerprint density at radius 2 is 0.844 bits per heavy atom. The van der Waals surface area contributed by atoms with E-state index in [-0.39, 0.29) is 5.56 Å². The lowest BCUT2D eigenvalue weighted by Crippen LogP contribution is -2.54. The lowest BCUT2D eigenvalue weighted by molar-refractivity contribution is -0.141. The van der Waals surface area contributed by atoms with Crippen LogP contribution < -0.4 is 37.7 Å². The molecule has 3 unspecified atom stereocenters. The number of hydroxylamine groups is 3. The average molecular weight is 1600 g/mol. The number of hydrogen-bond acceptors (Lipinski definition) is 18. The predicted molar refractivity (Wildman–Crippen MR) is 421 cm³/mol. The molecule has 2 aliphatic rings. The molecule has 6 aromatic carbocycles. The smallest absolute Gasteiger partial charge is 0.268 e. The van der Waals surface area contributed by atoms with Gasteiger partial charge in [0.25, 0.3) is 35.4 Å². The van der Waals surface area contributed by atoms with E-state index in [0.29, 0.717) is 33.4 Å². The Hall–Kier alpha value is -10.8. The van der Waals surface area contributed by atoms with E-state index in [4.69, 9.17) is 35.4 Å². The number of aldehydes is 2. The van der Waals surface area contributed by atoms with Gasteiger partial charge in [-0.15, -0.1) is 6.42 Å². The molecule has 8 rings (SSSR count). The van der Waals surface area contributed by atoms with Crippen molar-refractivity contribution in [2.45, 2.75) is 116 Å². The quantitative estimate of drug-likeness (QED) is 0.0120. The number of hydrogen-bond donors (Lipinski definition) is 9. The maximum atomic E-state index is 12.7. The summed E-state index contributed by atoms with van der Waals surface area (Å²) in [6.45, 7) is 24.2. The number of aliphatic hydroxyl groups excluding tert-OH is 1. The highest BCUT2D eigenvalue weighted by Gasteiger charge is 2.33. The molecule has 2 fully saturated rings. The third-order valence-corrected chi connectivity index (χ3v) is 15.5. The third kappa shape index (κ3) is 36.6. The summed E-state index contributed by atoms with van der Waals surface area (Å²) in [4.78, 5) is 106. The molecule has 6 aromatic rings. The molecule has 25 heteroatoms. The molecule has 0 bridgehead atoms. The van der Waals surface area contributed by atoms with Gasteiger partial charge in [-0.3, -0.25) is 58.1 Å². The number of carbonyl (C=O) groups excluding carboxylic acids is 8. The molecule has 0 radical (unpaired) electrons. The number of ether oxygens (including phenoxy) is 4. The van der Waals surface area contributed by atoms with Crippen molar-refractivity contribution in [1.29, 1.82) is 0 Å². The Balaban J connectivity index is 0.000000315. The Kier molecular flexibility index (Phi) is 40.9. The summed E-state index contributed by atoms with van der Waals surface area (Å²) in [5.41, 5.74) is 12.2. The standard InChI is InChI=1S/C27H28N2O5.C26H27N3O5.C20H24N2O4.C7H5IO.C4H9NO/c1-19(34-27(2,3)4)24(26(32)29-33-5)28-25(31)23-16-14-21(15-17-23)9-7-6-8-20-10-12-22(18-30)13-11-20;1-19(30)24(26(32)28-33)27-25(31)23-12-10-21(11-13-23)5-3-2-4-20-6-8-22(9-7-20)18-29-14-16-34-17-15-29;1-7-8-9-15-10-12-16(13-11-15)18(23)21-17(19(24)22-25-6)14(2)26-20(3,4)5;8-7-3-1-6(5-9)2-4-7;1-3-6-4-2-5-1/h10-19,24H,1-5H3,(H,28,31)(H,29,32);6-13,19,24,30,33H,14-18H2,1H3,(H,27,31)(H,28,32);1,10-14,17H,2-6H3,(H,21,23)(H,22,24);1-5H;5H,1-4H2/t2*19-,24?;14-,17?;;/m111../s1. The van der Waals surface area contributed by atoms with E-state index < -0.39 is 83.1 Å². The first-order valence-electron chi connectivity index (χ1n) is 34.4. The Morgan fingerprint density at radius 1 is 0.514 bits per heavy atom. The highest BCUT2D eigenvalue weighted by molar-refractivity contribution is 14.1. The van der Waals surface area contributed by atoms with Crippen molar-refractivity contribution in [3.05, 3.63) is 210 Å². The second kappa shape index (κ2) is 49.2. The van der Waals surface area contributed by atoms with E-state index in [2.05, 4.69) is 142 Å². The maximum absolute atomic E-state index is 12.7. The van der Waals surface area contributed by atoms with Crippen LogP contribution in [0.25, 0.3) is 0 Å². The number of morpholine rings is 2. The van der Waals surface area contributed by atoms with Crippen molar-refractivity contribution < 1.29 is 77.3 Å². The maximum Gasteiger partial charge on any atom is 0.268 e. The second-order valence-corrected chi connectivity index (χ2v) is 27.0. The van der Waals surface area contributed by atoms with Gasteiger partial charge in [0.1, 0.15) is 30.7 Å². The van der Waals surface area contributed by atoms with Crippen LogP contribution >= 0.6 is 22.6 Å². The number of aliphatic hydroxyl groups is 1. The molecule has 6 atom stereocenters. The number of benzene rings is 6. The second-order valence-electron chi connectivity index (χ2n) is 25.8. The van der Waals surface area contributed by atoms with Gasteiger partial charge in [0.05, 0.1) is 70.2 Å². The summed E-state index contributed by atoms with van der Waals surface area (Å²) in [5, 5.41) is 29.3. The Labute approximate surface area is 652 Å². The molecule has 0 aromatic heterocycles. The van der Waals surface area contributed by atoms with Crippen molar-refractivity contribution >= 4 is 70.6 Å². The SMILES string of the molecule is C#CC#Cc1ccc(C(=O)NC(C(=O)NOC)[C@@H](C)OC(C)(C)C)cc1.C1COCCN1.CONC(=O)C(NC(=O)c1ccc(C#CC#Cc2ccc(C=O)cc2)cc1)[C@@H](C)OC(C)(C)C.C[C@@H](O)C(NC(=O)c1ccc(C#CC#Cc2ccc(CN3CCOCC3)cc2)cc1)C(=O)NO.O=Cc1ccc(I)cc1. The number of halogens is 1. The van der Waals surface area contributed by atoms with E-state index in [1.165, 1.54) is 32.2 Å². The summed E-state index contributed by atoms with van der Waals surface area (Å²) in [5.74, 6) is 27.1. The van der Waals surface area contributed by atoms with Crippen LogP contribution in [0.1, 0.15) is 147 Å². The lowest BCUT2D eigenvalue weighted by atomic mass is 10.1. The predicted octanol–water partition coefficient (Wildman–Crippen LogP) is 7.15. The zero-order valence-electron chi connectivity index (χ0n) is 62.9. The zero-order chi connectivity index (χ0) is 80.2. The first-order chi connectivity index (χ1) is 52.1. The Bertz CT molecular complexity index is 4280. The minimum absolute atomic E-state index is 0.283. The molecule has 24 nitrogen and oxygen atoms in total. The number of nitrogens with one attached hydrogen (secondary N) is 7. The van der Waals surface area contributed by atoms with E-state index in [0.717, 1.165) is 92.0 Å². The fourth-order valence-electron chi connectivity index (χ4n) is 9.57. The van der Waals surface area contributed by atoms with Crippen molar-refractivity contribution in [2.75, 3.05) is 66.8 Å². The highest BCUT2D eigenvalue weighted by atomic mass is 127. The highest BCUT2D eigenvalue weighted by Crippen LogP contribution is 2.17. The van der Waals surface area contributed by atoms with Gasteiger partial charge in [-0.05, 0) is 235 Å². The third-order valence-electron chi connectivity index (χ3n) is 14.8. The number of nitrogens with zero attached hydrogens (tertiary/aromatic N) is 1.